The van der Waals surface area contributed by atoms with Crippen LogP contribution in [0.3, 0.4) is 0 Å². The predicted octanol–water partition coefficient (Wildman–Crippen LogP) is 2.13. The number of hydrogen-bond acceptors (Lipinski definition) is 1. The fourth-order valence-corrected chi connectivity index (χ4v) is 2.47. The molecule has 0 aromatic carbocycles. The molecule has 1 heterocycles. The minimum atomic E-state index is 0.744. The van der Waals surface area contributed by atoms with Gasteiger partial charge in [-0.3, -0.25) is 0 Å². The van der Waals surface area contributed by atoms with E-state index in [9.17, 15) is 0 Å². The third-order valence-electron chi connectivity index (χ3n) is 1.31. The molecule has 0 aromatic rings. The molecule has 42 valence electrons. The van der Waals surface area contributed by atoms with E-state index < -0.39 is 0 Å². The first-order valence-corrected chi connectivity index (χ1v) is 4.59. The van der Waals surface area contributed by atoms with Gasteiger partial charge in [-0.2, -0.15) is 11.8 Å². The maximum atomic E-state index is 3.54. The van der Waals surface area contributed by atoms with E-state index in [4.69, 9.17) is 0 Å². The molecule has 1 unspecified atom stereocenters. The minimum absolute atomic E-state index is 0.744. The van der Waals surface area contributed by atoms with Crippen LogP contribution in [0.5, 0.6) is 0 Å². The Bertz CT molecular complexity index is 59.1. The average Bonchev–Trinajstić information content (AvgIpc) is 1.23. The van der Waals surface area contributed by atoms with Gasteiger partial charge in [-0.1, -0.05) is 22.9 Å². The summed E-state index contributed by atoms with van der Waals surface area (Å²) in [6, 6.07) is 0. The van der Waals surface area contributed by atoms with Crippen LogP contribution in [-0.2, 0) is 0 Å². The lowest BCUT2D eigenvalue weighted by Crippen LogP contribution is -2.25. The molecule has 0 saturated carbocycles. The van der Waals surface area contributed by atoms with Gasteiger partial charge in [0, 0.05) is 4.83 Å². The molecule has 1 aliphatic heterocycles. The zero-order valence-corrected chi connectivity index (χ0v) is 6.76. The molecule has 0 nitrogen and oxygen atoms in total. The van der Waals surface area contributed by atoms with Gasteiger partial charge in [0.1, 0.15) is 0 Å². The van der Waals surface area contributed by atoms with Crippen LogP contribution in [0.1, 0.15) is 6.92 Å². The van der Waals surface area contributed by atoms with Crippen LogP contribution >= 0.6 is 27.7 Å². The molecule has 1 saturated heterocycles. The van der Waals surface area contributed by atoms with E-state index in [0.717, 1.165) is 10.7 Å². The molecule has 0 aromatic heterocycles. The molecular formula is C5H9BrS. The van der Waals surface area contributed by atoms with Gasteiger partial charge >= 0.3 is 0 Å². The Morgan fingerprint density at radius 3 is 2.29 bits per heavy atom. The summed E-state index contributed by atoms with van der Waals surface area (Å²) in [5, 5.41) is 0. The molecule has 0 spiro atoms. The molecule has 0 aliphatic carbocycles. The highest BCUT2D eigenvalue weighted by Crippen LogP contribution is 2.30. The molecule has 0 bridgehead atoms. The van der Waals surface area contributed by atoms with Gasteiger partial charge in [-0.25, -0.2) is 0 Å². The lowest BCUT2D eigenvalue weighted by Gasteiger charge is -2.26. The van der Waals surface area contributed by atoms with Gasteiger partial charge in [0.15, 0.2) is 0 Å². The summed E-state index contributed by atoms with van der Waals surface area (Å²) in [6.07, 6.45) is 0. The van der Waals surface area contributed by atoms with Crippen LogP contribution in [0.25, 0.3) is 0 Å². The maximum absolute atomic E-state index is 3.54. The Kier molecular flexibility index (Phi) is 2.04. The smallest absolute Gasteiger partial charge is 0.0161 e. The van der Waals surface area contributed by atoms with E-state index in [1.54, 1.807) is 0 Å². The van der Waals surface area contributed by atoms with Crippen molar-refractivity contribution in [1.82, 2.24) is 0 Å². The Balaban J connectivity index is 2.14. The number of halogens is 1. The quantitative estimate of drug-likeness (QED) is 0.558. The lowest BCUT2D eigenvalue weighted by atomic mass is 10.1. The monoisotopic (exact) mass is 180 g/mol. The summed E-state index contributed by atoms with van der Waals surface area (Å²) in [5.74, 6) is 3.70. The predicted molar refractivity (Wildman–Crippen MR) is 39.2 cm³/mol. The van der Waals surface area contributed by atoms with E-state index in [-0.39, 0.29) is 0 Å². The second-order valence-corrected chi connectivity index (χ2v) is 4.49. The molecule has 1 fully saturated rings. The zero-order valence-electron chi connectivity index (χ0n) is 4.36. The van der Waals surface area contributed by atoms with Gasteiger partial charge in [0.2, 0.25) is 0 Å². The van der Waals surface area contributed by atoms with Crippen LogP contribution in [0.4, 0.5) is 0 Å². The van der Waals surface area contributed by atoms with Crippen molar-refractivity contribution >= 4 is 27.7 Å². The third-order valence-corrected chi connectivity index (χ3v) is 3.39. The van der Waals surface area contributed by atoms with Crippen molar-refractivity contribution in [3.8, 4) is 0 Å². The normalized spacial score (nSPS) is 26.6. The van der Waals surface area contributed by atoms with Crippen LogP contribution < -0.4 is 0 Å². The van der Waals surface area contributed by atoms with Crippen molar-refractivity contribution in [2.45, 2.75) is 11.8 Å². The first kappa shape index (κ1) is 5.96. The Morgan fingerprint density at radius 1 is 1.71 bits per heavy atom. The second kappa shape index (κ2) is 2.40. The maximum Gasteiger partial charge on any atom is 0.0161 e. The van der Waals surface area contributed by atoms with Crippen LogP contribution in [0, 0.1) is 5.92 Å². The van der Waals surface area contributed by atoms with Gasteiger partial charge in [0.05, 0.1) is 0 Å². The largest absolute Gasteiger partial charge is 0.161 e. The number of thioether (sulfide) groups is 1. The first-order valence-electron chi connectivity index (χ1n) is 2.52. The fraction of sp³-hybridized carbons (Fsp3) is 1.00. The zero-order chi connectivity index (χ0) is 5.28. The van der Waals surface area contributed by atoms with Gasteiger partial charge in [-0.15, -0.1) is 0 Å². The van der Waals surface area contributed by atoms with Crippen molar-refractivity contribution in [1.29, 1.82) is 0 Å². The van der Waals surface area contributed by atoms with E-state index in [1.165, 1.54) is 11.5 Å². The average molecular weight is 181 g/mol. The summed E-state index contributed by atoms with van der Waals surface area (Å²) >= 11 is 5.58. The lowest BCUT2D eigenvalue weighted by molar-refractivity contribution is 0.641. The molecule has 0 amide bonds. The highest BCUT2D eigenvalue weighted by atomic mass is 79.9. The number of rotatable bonds is 1. The molecular weight excluding hydrogens is 172 g/mol. The van der Waals surface area contributed by atoms with Gasteiger partial charge < -0.3 is 0 Å². The molecule has 0 radical (unpaired) electrons. The first-order chi connectivity index (χ1) is 3.30. The van der Waals surface area contributed by atoms with E-state index in [0.29, 0.717) is 0 Å². The third kappa shape index (κ3) is 1.36. The highest BCUT2D eigenvalue weighted by Gasteiger charge is 2.21. The second-order valence-electron chi connectivity index (χ2n) is 1.98. The topological polar surface area (TPSA) is 0 Å². The standard InChI is InChI=1S/C5H9BrS/c1-4(6)5-2-7-3-5/h4-5H,2-3H2,1H3. The number of alkyl halides is 1. The van der Waals surface area contributed by atoms with Gasteiger partial charge in [0.25, 0.3) is 0 Å². The van der Waals surface area contributed by atoms with E-state index in [2.05, 4.69) is 22.9 Å². The molecule has 7 heavy (non-hydrogen) atoms. The van der Waals surface area contributed by atoms with E-state index in [1.807, 2.05) is 11.8 Å². The molecule has 2 heteroatoms. The Labute approximate surface area is 57.2 Å². The summed E-state index contributed by atoms with van der Waals surface area (Å²) in [5.41, 5.74) is 0. The van der Waals surface area contributed by atoms with Crippen LogP contribution in [-0.4, -0.2) is 16.3 Å². The molecule has 0 N–H and O–H groups in total. The van der Waals surface area contributed by atoms with Crippen molar-refractivity contribution in [2.75, 3.05) is 11.5 Å². The van der Waals surface area contributed by atoms with Gasteiger partial charge in [-0.05, 0) is 17.4 Å². The summed E-state index contributed by atoms with van der Waals surface area (Å²) in [4.78, 5) is 0.744. The summed E-state index contributed by atoms with van der Waals surface area (Å²) in [6.45, 7) is 2.23. The summed E-state index contributed by atoms with van der Waals surface area (Å²) < 4.78 is 0. The fourth-order valence-electron chi connectivity index (χ4n) is 0.519. The minimum Gasteiger partial charge on any atom is -0.161 e. The molecule has 1 atom stereocenters. The van der Waals surface area contributed by atoms with Crippen LogP contribution in [0.15, 0.2) is 0 Å². The van der Waals surface area contributed by atoms with Crippen molar-refractivity contribution in [2.24, 2.45) is 5.92 Å². The Hall–Kier alpha value is 0.830. The molecule has 1 aliphatic rings. The van der Waals surface area contributed by atoms with Crippen molar-refractivity contribution < 1.29 is 0 Å². The van der Waals surface area contributed by atoms with E-state index >= 15 is 0 Å². The Morgan fingerprint density at radius 2 is 2.29 bits per heavy atom. The van der Waals surface area contributed by atoms with Crippen molar-refractivity contribution in [3.05, 3.63) is 0 Å². The molecule has 1 rings (SSSR count). The number of hydrogen-bond donors (Lipinski definition) is 0. The SMILES string of the molecule is CC(Br)C1CSC1. The van der Waals surface area contributed by atoms with Crippen molar-refractivity contribution in [3.63, 3.8) is 0 Å². The summed E-state index contributed by atoms with van der Waals surface area (Å²) in [7, 11) is 0. The van der Waals surface area contributed by atoms with Crippen LogP contribution in [0.2, 0.25) is 0 Å². The highest BCUT2D eigenvalue weighted by molar-refractivity contribution is 9.09.